The van der Waals surface area contributed by atoms with Crippen molar-refractivity contribution in [1.82, 2.24) is 9.88 Å². The van der Waals surface area contributed by atoms with Gasteiger partial charge in [-0.3, -0.25) is 0 Å². The summed E-state index contributed by atoms with van der Waals surface area (Å²) in [7, 11) is 2.09. The second-order valence-electron chi connectivity index (χ2n) is 4.22. The maximum Gasteiger partial charge on any atom is 0.0998 e. The van der Waals surface area contributed by atoms with Crippen LogP contribution in [0.4, 0.5) is 0 Å². The van der Waals surface area contributed by atoms with Crippen molar-refractivity contribution in [2.75, 3.05) is 6.54 Å². The Balaban J connectivity index is 2.46. The van der Waals surface area contributed by atoms with Gasteiger partial charge < -0.3 is 9.88 Å². The van der Waals surface area contributed by atoms with Gasteiger partial charge >= 0.3 is 0 Å². The first-order valence-corrected chi connectivity index (χ1v) is 5.53. The van der Waals surface area contributed by atoms with Crippen molar-refractivity contribution in [2.24, 2.45) is 7.05 Å². The highest BCUT2D eigenvalue weighted by atomic mass is 15.0. The number of hydrogen-bond donors (Lipinski definition) is 1. The van der Waals surface area contributed by atoms with Crippen LogP contribution in [0.5, 0.6) is 0 Å². The van der Waals surface area contributed by atoms with Crippen molar-refractivity contribution in [2.45, 2.75) is 13.0 Å². The van der Waals surface area contributed by atoms with Crippen LogP contribution >= 0.6 is 0 Å². The zero-order valence-electron chi connectivity index (χ0n) is 9.25. The van der Waals surface area contributed by atoms with Crippen LogP contribution in [-0.4, -0.2) is 11.1 Å². The normalized spacial score (nSPS) is 14.8. The molecule has 0 spiro atoms. The minimum absolute atomic E-state index is 0.790. The second-order valence-corrected chi connectivity index (χ2v) is 4.22. The number of nitrogens with zero attached hydrogens (tertiary/aromatic N) is 2. The van der Waals surface area contributed by atoms with Crippen LogP contribution in [0.3, 0.4) is 0 Å². The molecule has 0 radical (unpaired) electrons. The lowest BCUT2D eigenvalue weighted by Gasteiger charge is -2.14. The average Bonchev–Trinajstić information content (AvgIpc) is 2.64. The van der Waals surface area contributed by atoms with E-state index in [1.165, 1.54) is 16.8 Å². The summed E-state index contributed by atoms with van der Waals surface area (Å²) >= 11 is 0. The summed E-state index contributed by atoms with van der Waals surface area (Å²) in [5.74, 6) is 0. The Bertz CT molecular complexity index is 602. The Morgan fingerprint density at radius 3 is 3.12 bits per heavy atom. The van der Waals surface area contributed by atoms with Gasteiger partial charge in [-0.2, -0.15) is 5.26 Å². The van der Waals surface area contributed by atoms with E-state index in [0.29, 0.717) is 0 Å². The molecule has 80 valence electrons. The van der Waals surface area contributed by atoms with Gasteiger partial charge in [0.05, 0.1) is 11.6 Å². The van der Waals surface area contributed by atoms with Crippen molar-refractivity contribution >= 4 is 10.9 Å². The molecule has 16 heavy (non-hydrogen) atoms. The van der Waals surface area contributed by atoms with Crippen LogP contribution in [0.25, 0.3) is 10.9 Å². The molecular formula is C13H13N3. The van der Waals surface area contributed by atoms with Gasteiger partial charge in [0.1, 0.15) is 0 Å². The quantitative estimate of drug-likeness (QED) is 0.720. The first-order chi connectivity index (χ1) is 7.83. The molecule has 0 fully saturated rings. The molecule has 3 heteroatoms. The standard InChI is InChI=1S/C13H13N3/c1-16-11-5-6-15-8-10(11)13-9(7-14)3-2-4-12(13)16/h2-4,15H,5-6,8H2,1H3. The Hall–Kier alpha value is -1.79. The van der Waals surface area contributed by atoms with Gasteiger partial charge in [-0.05, 0) is 17.7 Å². The maximum atomic E-state index is 9.17. The molecule has 1 aliphatic heterocycles. The smallest absolute Gasteiger partial charge is 0.0998 e. The molecule has 0 saturated heterocycles. The molecular weight excluding hydrogens is 198 g/mol. The molecule has 3 nitrogen and oxygen atoms in total. The number of aryl methyl sites for hydroxylation is 1. The van der Waals surface area contributed by atoms with Crippen molar-refractivity contribution in [3.63, 3.8) is 0 Å². The molecule has 2 aromatic rings. The highest BCUT2D eigenvalue weighted by molar-refractivity contribution is 5.90. The number of fused-ring (bicyclic) bond motifs is 3. The van der Waals surface area contributed by atoms with Gasteiger partial charge in [-0.15, -0.1) is 0 Å². The molecule has 1 aromatic heterocycles. The Kier molecular flexibility index (Phi) is 1.98. The molecule has 0 atom stereocenters. The number of aromatic nitrogens is 1. The first kappa shape index (κ1) is 9.44. The van der Waals surface area contributed by atoms with Gasteiger partial charge in [0.25, 0.3) is 0 Å². The number of hydrogen-bond acceptors (Lipinski definition) is 2. The van der Waals surface area contributed by atoms with E-state index in [1.807, 2.05) is 12.1 Å². The van der Waals surface area contributed by atoms with E-state index in [4.69, 9.17) is 5.26 Å². The molecule has 0 unspecified atom stereocenters. The fourth-order valence-corrected chi connectivity index (χ4v) is 2.65. The van der Waals surface area contributed by atoms with Gasteiger partial charge in [0, 0.05) is 43.2 Å². The van der Waals surface area contributed by atoms with E-state index in [1.54, 1.807) is 0 Å². The minimum Gasteiger partial charge on any atom is -0.347 e. The lowest BCUT2D eigenvalue weighted by atomic mass is 10.0. The van der Waals surface area contributed by atoms with Crippen LogP contribution in [0, 0.1) is 11.3 Å². The van der Waals surface area contributed by atoms with Crippen LogP contribution in [0.15, 0.2) is 18.2 Å². The number of rotatable bonds is 0. The Labute approximate surface area is 94.3 Å². The first-order valence-electron chi connectivity index (χ1n) is 5.53. The third-order valence-corrected chi connectivity index (χ3v) is 3.42. The average molecular weight is 211 g/mol. The van der Waals surface area contributed by atoms with E-state index < -0.39 is 0 Å². The van der Waals surface area contributed by atoms with Crippen molar-refractivity contribution in [3.8, 4) is 6.07 Å². The number of nitriles is 1. The lowest BCUT2D eigenvalue weighted by molar-refractivity contribution is 0.622. The van der Waals surface area contributed by atoms with E-state index in [0.717, 1.165) is 30.5 Å². The summed E-state index contributed by atoms with van der Waals surface area (Å²) in [5, 5.41) is 13.7. The predicted octanol–water partition coefficient (Wildman–Crippen LogP) is 1.70. The van der Waals surface area contributed by atoms with Gasteiger partial charge in [-0.1, -0.05) is 6.07 Å². The minimum atomic E-state index is 0.790. The van der Waals surface area contributed by atoms with Crippen LogP contribution < -0.4 is 5.32 Å². The predicted molar refractivity (Wildman–Crippen MR) is 63.0 cm³/mol. The molecule has 1 aliphatic rings. The van der Waals surface area contributed by atoms with E-state index >= 15 is 0 Å². The fourth-order valence-electron chi connectivity index (χ4n) is 2.65. The molecule has 3 rings (SSSR count). The molecule has 1 N–H and O–H groups in total. The summed E-state index contributed by atoms with van der Waals surface area (Å²) in [6.45, 7) is 1.91. The molecule has 0 aliphatic carbocycles. The van der Waals surface area contributed by atoms with Crippen molar-refractivity contribution < 1.29 is 0 Å². The van der Waals surface area contributed by atoms with Gasteiger partial charge in [-0.25, -0.2) is 0 Å². The summed E-state index contributed by atoms with van der Waals surface area (Å²) < 4.78 is 2.23. The van der Waals surface area contributed by atoms with E-state index in [-0.39, 0.29) is 0 Å². The molecule has 1 aromatic carbocycles. The fraction of sp³-hybridized carbons (Fsp3) is 0.308. The van der Waals surface area contributed by atoms with Crippen molar-refractivity contribution in [3.05, 3.63) is 35.0 Å². The maximum absolute atomic E-state index is 9.17. The molecule has 0 bridgehead atoms. The van der Waals surface area contributed by atoms with Crippen LogP contribution in [-0.2, 0) is 20.0 Å². The molecule has 0 amide bonds. The SMILES string of the molecule is Cn1c2c(c3c(C#N)cccc31)CNCC2. The largest absolute Gasteiger partial charge is 0.347 e. The lowest BCUT2D eigenvalue weighted by Crippen LogP contribution is -2.24. The third kappa shape index (κ3) is 1.11. The Morgan fingerprint density at radius 2 is 2.31 bits per heavy atom. The van der Waals surface area contributed by atoms with Gasteiger partial charge in [0.2, 0.25) is 0 Å². The summed E-state index contributed by atoms with van der Waals surface area (Å²) in [6, 6.07) is 8.24. The van der Waals surface area contributed by atoms with Crippen LogP contribution in [0.1, 0.15) is 16.8 Å². The highest BCUT2D eigenvalue weighted by Gasteiger charge is 2.19. The molecule has 0 saturated carbocycles. The molecule has 2 heterocycles. The Morgan fingerprint density at radius 1 is 1.44 bits per heavy atom. The second kappa shape index (κ2) is 3.36. The summed E-state index contributed by atoms with van der Waals surface area (Å²) in [4.78, 5) is 0. The van der Waals surface area contributed by atoms with Crippen LogP contribution in [0.2, 0.25) is 0 Å². The van der Waals surface area contributed by atoms with E-state index in [9.17, 15) is 0 Å². The zero-order valence-corrected chi connectivity index (χ0v) is 9.25. The topological polar surface area (TPSA) is 40.8 Å². The highest BCUT2D eigenvalue weighted by Crippen LogP contribution is 2.29. The van der Waals surface area contributed by atoms with Crippen molar-refractivity contribution in [1.29, 1.82) is 5.26 Å². The number of nitrogens with one attached hydrogen (secondary N) is 1. The zero-order chi connectivity index (χ0) is 11.1. The monoisotopic (exact) mass is 211 g/mol. The van der Waals surface area contributed by atoms with E-state index in [2.05, 4.69) is 29.1 Å². The third-order valence-electron chi connectivity index (χ3n) is 3.42. The van der Waals surface area contributed by atoms with Gasteiger partial charge in [0.15, 0.2) is 0 Å². The summed E-state index contributed by atoms with van der Waals surface area (Å²) in [5.41, 5.74) is 4.64. The summed E-state index contributed by atoms with van der Waals surface area (Å²) in [6.07, 6.45) is 1.05. The number of benzene rings is 1.